The van der Waals surface area contributed by atoms with Crippen molar-refractivity contribution in [3.63, 3.8) is 0 Å². The maximum absolute atomic E-state index is 14.4. The molecule has 2 aliphatic rings. The molecule has 0 spiro atoms. The van der Waals surface area contributed by atoms with Crippen molar-refractivity contribution in [2.24, 2.45) is 34.8 Å². The molecule has 1 heterocycles. The number of amides is 10. The van der Waals surface area contributed by atoms with Crippen LogP contribution < -0.4 is 76.1 Å². The lowest BCUT2D eigenvalue weighted by Crippen LogP contribution is -2.61. The predicted octanol–water partition coefficient (Wildman–Crippen LogP) is -6.13. The topological polar surface area (TPSA) is 456 Å². The lowest BCUT2D eigenvalue weighted by atomic mass is 9.86. The fraction of sp³-hybridized carbons (Fsp3) is 0.680. The number of nitrogens with one attached hydrogen (secondary N) is 10. The summed E-state index contributed by atoms with van der Waals surface area (Å²) in [5.41, 5.74) is 24.1. The van der Waals surface area contributed by atoms with E-state index in [0.717, 1.165) is 0 Å². The smallest absolute Gasteiger partial charge is 0.245 e. The minimum atomic E-state index is -1.67. The molecule has 2 fully saturated rings. The normalized spacial score (nSPS) is 26.4. The highest BCUT2D eigenvalue weighted by Crippen LogP contribution is 2.24. The maximum atomic E-state index is 14.4. The summed E-state index contributed by atoms with van der Waals surface area (Å²) in [7, 11) is 0. The van der Waals surface area contributed by atoms with E-state index in [1.165, 1.54) is 13.8 Å². The van der Waals surface area contributed by atoms with E-state index >= 15 is 0 Å². The van der Waals surface area contributed by atoms with Gasteiger partial charge < -0.3 is 91.4 Å². The molecule has 3 rings (SSSR count). The second-order valence-electron chi connectivity index (χ2n) is 20.1. The van der Waals surface area contributed by atoms with Gasteiger partial charge in [0, 0.05) is 18.9 Å². The number of carbonyl (C=O) groups excluding carboxylic acids is 10. The summed E-state index contributed by atoms with van der Waals surface area (Å²) in [4.78, 5) is 140. The van der Waals surface area contributed by atoms with Crippen LogP contribution in [0.2, 0.25) is 0 Å². The molecule has 11 atom stereocenters. The SMILES string of the molecule is CC(C)C[C@@H]1NC(=O)[C@@H](Cc2ccccc2)NC(=O)[C@H](CCN)NC(=O)[C@@H](NC(=O)[C@H](CCN)NC(=O)[C@@H](NC(=O)[C@H]2CC[C@H](O)CC2)C(C)O)CCNC(=O)C(C(C)O)NC(=O)[C@H](CCN)NC(=O)[C@H](CCN)NC1=O. The third-order valence-corrected chi connectivity index (χ3v) is 13.2. The van der Waals surface area contributed by atoms with Crippen molar-refractivity contribution in [3.8, 4) is 0 Å². The fourth-order valence-electron chi connectivity index (χ4n) is 8.79. The van der Waals surface area contributed by atoms with Gasteiger partial charge in [-0.15, -0.1) is 0 Å². The summed E-state index contributed by atoms with van der Waals surface area (Å²) >= 11 is 0. The zero-order chi connectivity index (χ0) is 57.4. The monoisotopic (exact) mass is 1090 g/mol. The van der Waals surface area contributed by atoms with Crippen molar-refractivity contribution in [2.45, 2.75) is 171 Å². The third-order valence-electron chi connectivity index (χ3n) is 13.2. The van der Waals surface area contributed by atoms with E-state index in [9.17, 15) is 63.3 Å². The molecule has 1 aromatic carbocycles. The number of benzene rings is 1. The highest BCUT2D eigenvalue weighted by molar-refractivity contribution is 5.99. The number of nitrogens with two attached hydrogens (primary N) is 4. The summed E-state index contributed by atoms with van der Waals surface area (Å²) in [6, 6.07) is -4.63. The number of hydrogen-bond acceptors (Lipinski definition) is 17. The van der Waals surface area contributed by atoms with E-state index < -0.39 is 151 Å². The first-order valence-corrected chi connectivity index (χ1v) is 26.4. The summed E-state index contributed by atoms with van der Waals surface area (Å²) < 4.78 is 0. The Bertz CT molecular complexity index is 2130. The lowest BCUT2D eigenvalue weighted by Gasteiger charge is -2.29. The molecule has 27 nitrogen and oxygen atoms in total. The van der Waals surface area contributed by atoms with Crippen LogP contribution in [-0.2, 0) is 54.4 Å². The van der Waals surface area contributed by atoms with E-state index in [4.69, 9.17) is 22.9 Å². The highest BCUT2D eigenvalue weighted by atomic mass is 16.3. The summed E-state index contributed by atoms with van der Waals surface area (Å²) in [6.07, 6.45) is -3.31. The van der Waals surface area contributed by atoms with Crippen LogP contribution in [0.25, 0.3) is 0 Å². The predicted molar refractivity (Wildman–Crippen MR) is 281 cm³/mol. The molecule has 1 saturated carbocycles. The summed E-state index contributed by atoms with van der Waals surface area (Å²) in [5, 5.41) is 56.8. The Morgan fingerprint density at radius 2 is 1.09 bits per heavy atom. The largest absolute Gasteiger partial charge is 0.393 e. The van der Waals surface area contributed by atoms with Gasteiger partial charge in [-0.25, -0.2) is 0 Å². The Balaban J connectivity index is 2.10. The Hall–Kier alpha value is -6.36. The molecule has 27 heteroatoms. The second-order valence-corrected chi connectivity index (χ2v) is 20.1. The van der Waals surface area contributed by atoms with Crippen LogP contribution >= 0.6 is 0 Å². The molecule has 432 valence electrons. The van der Waals surface area contributed by atoms with Crippen molar-refractivity contribution in [1.82, 2.24) is 53.2 Å². The Labute approximate surface area is 448 Å². The Kier molecular flexibility index (Phi) is 27.9. The molecule has 0 radical (unpaired) electrons. The van der Waals surface area contributed by atoms with Gasteiger partial charge >= 0.3 is 0 Å². The van der Waals surface area contributed by atoms with Crippen LogP contribution in [0.15, 0.2) is 30.3 Å². The van der Waals surface area contributed by atoms with E-state index in [1.807, 2.05) is 0 Å². The first-order chi connectivity index (χ1) is 36.5. The molecule has 0 aromatic heterocycles. The van der Waals surface area contributed by atoms with E-state index in [2.05, 4.69) is 53.2 Å². The first-order valence-electron chi connectivity index (χ1n) is 26.4. The van der Waals surface area contributed by atoms with Crippen molar-refractivity contribution < 1.29 is 63.3 Å². The molecular weight excluding hydrogens is 1000 g/mol. The van der Waals surface area contributed by atoms with Crippen LogP contribution in [0.5, 0.6) is 0 Å². The Morgan fingerprint density at radius 1 is 0.597 bits per heavy atom. The van der Waals surface area contributed by atoms with Crippen molar-refractivity contribution in [1.29, 1.82) is 0 Å². The molecule has 1 aromatic rings. The molecular formula is C50H84N14O13. The molecule has 1 aliphatic carbocycles. The lowest BCUT2D eigenvalue weighted by molar-refractivity contribution is -0.137. The van der Waals surface area contributed by atoms with E-state index in [1.54, 1.807) is 44.2 Å². The molecule has 77 heavy (non-hydrogen) atoms. The average Bonchev–Trinajstić information content (AvgIpc) is 3.37. The number of carbonyl (C=O) groups is 10. The van der Waals surface area contributed by atoms with E-state index in [0.29, 0.717) is 31.2 Å². The van der Waals surface area contributed by atoms with Crippen molar-refractivity contribution >= 4 is 59.1 Å². The van der Waals surface area contributed by atoms with E-state index in [-0.39, 0.29) is 70.6 Å². The highest BCUT2D eigenvalue weighted by Gasteiger charge is 2.38. The first kappa shape index (κ1) is 64.9. The maximum Gasteiger partial charge on any atom is 0.245 e. The van der Waals surface area contributed by atoms with Gasteiger partial charge in [0.25, 0.3) is 0 Å². The molecule has 10 amide bonds. The Morgan fingerprint density at radius 3 is 1.60 bits per heavy atom. The number of aliphatic hydroxyl groups excluding tert-OH is 3. The van der Waals surface area contributed by atoms with Gasteiger partial charge in [0.1, 0.15) is 54.4 Å². The second kappa shape index (κ2) is 33.0. The van der Waals surface area contributed by atoms with Gasteiger partial charge in [-0.05, 0) is 116 Å². The summed E-state index contributed by atoms with van der Waals surface area (Å²) in [5.74, 6) is -9.51. The zero-order valence-electron chi connectivity index (χ0n) is 44.5. The van der Waals surface area contributed by atoms with Gasteiger partial charge in [-0.3, -0.25) is 47.9 Å². The molecule has 1 saturated heterocycles. The zero-order valence-corrected chi connectivity index (χ0v) is 44.5. The third kappa shape index (κ3) is 21.5. The van der Waals surface area contributed by atoms with Gasteiger partial charge in [0.2, 0.25) is 59.1 Å². The van der Waals surface area contributed by atoms with Crippen molar-refractivity contribution in [3.05, 3.63) is 35.9 Å². The standard InChI is InChI=1S/C50H84N14O13/c1-26(2)24-37-47(74)58-32(14-19-51)42(69)57-35(17-22-54)46(73)64-39(27(3)65)49(76)55-23-18-36(45(72)56-33(15-20-52)44(71)62-38(48(75)61-37)25-29-8-6-5-7-9-29)59-43(70)34(16-21-53)60-50(77)40(28(4)66)63-41(68)30-10-12-31(67)13-11-30/h5-9,26-28,30-40,65-67H,10-25,51-54H2,1-4H3,(H,55,76)(H,56,72)(H,57,69)(H,58,74)(H,59,70)(H,60,77)(H,61,75)(H,62,71)(H,63,68)(H,64,73)/t27?,28?,30-,31-,32-,33-,34-,35-,36-,37-,38+,39?,40-/m0/s1. The molecule has 0 bridgehead atoms. The van der Waals surface area contributed by atoms with Crippen LogP contribution in [-0.4, -0.2) is 180 Å². The van der Waals surface area contributed by atoms with Crippen LogP contribution in [0.4, 0.5) is 0 Å². The number of hydrogen-bond donors (Lipinski definition) is 17. The molecule has 3 unspecified atom stereocenters. The van der Waals surface area contributed by atoms with Crippen LogP contribution in [0.3, 0.4) is 0 Å². The number of rotatable bonds is 20. The molecule has 21 N–H and O–H groups in total. The van der Waals surface area contributed by atoms with Gasteiger partial charge in [-0.2, -0.15) is 0 Å². The van der Waals surface area contributed by atoms with Crippen molar-refractivity contribution in [2.75, 3.05) is 32.7 Å². The fourth-order valence-corrected chi connectivity index (χ4v) is 8.79. The average molecular weight is 1090 g/mol. The number of aliphatic hydroxyl groups is 3. The minimum absolute atomic E-state index is 0.0564. The quantitative estimate of drug-likeness (QED) is 0.0578. The van der Waals surface area contributed by atoms with Gasteiger partial charge in [0.05, 0.1) is 18.3 Å². The molecule has 1 aliphatic heterocycles. The van der Waals surface area contributed by atoms with Crippen LogP contribution in [0.1, 0.15) is 97.5 Å². The van der Waals surface area contributed by atoms with Gasteiger partial charge in [-0.1, -0.05) is 44.2 Å². The van der Waals surface area contributed by atoms with Gasteiger partial charge in [0.15, 0.2) is 0 Å². The minimum Gasteiger partial charge on any atom is -0.393 e. The van der Waals surface area contributed by atoms with Crippen LogP contribution in [0, 0.1) is 11.8 Å². The summed E-state index contributed by atoms with van der Waals surface area (Å²) in [6.45, 7) is 5.01.